The number of anilines is 1. The van der Waals surface area contributed by atoms with E-state index in [0.717, 1.165) is 61.8 Å². The highest BCUT2D eigenvalue weighted by Gasteiger charge is 2.31. The second-order valence-corrected chi connectivity index (χ2v) is 13.5. The summed E-state index contributed by atoms with van der Waals surface area (Å²) in [5.41, 5.74) is 15.2. The Morgan fingerprint density at radius 3 is 2.15 bits per heavy atom. The number of nitrogens with zero attached hydrogens (tertiary/aromatic N) is 6. The van der Waals surface area contributed by atoms with Gasteiger partial charge in [-0.25, -0.2) is 14.3 Å². The molecule has 1 aliphatic heterocycles. The van der Waals surface area contributed by atoms with Gasteiger partial charge in [0.1, 0.15) is 17.4 Å². The third-order valence-corrected chi connectivity index (χ3v) is 9.82. The number of likely N-dealkylation sites (tertiary alicyclic amines) is 1. The van der Waals surface area contributed by atoms with Crippen molar-refractivity contribution in [2.75, 3.05) is 18.8 Å². The zero-order valence-corrected chi connectivity index (χ0v) is 27.6. The lowest BCUT2D eigenvalue weighted by Gasteiger charge is -2.33. The van der Waals surface area contributed by atoms with Crippen molar-refractivity contribution < 1.29 is 9.59 Å². The molecule has 2 fully saturated rings. The highest BCUT2D eigenvalue weighted by molar-refractivity contribution is 5.99. The molecule has 4 heterocycles. The monoisotopic (exact) mass is 640 g/mol. The Morgan fingerprint density at radius 2 is 1.55 bits per heavy atom. The Hall–Kier alpha value is -4.74. The molecule has 1 saturated heterocycles. The first-order chi connectivity index (χ1) is 22.5. The molecule has 1 aliphatic carbocycles. The summed E-state index contributed by atoms with van der Waals surface area (Å²) in [6.07, 6.45) is 7.41. The van der Waals surface area contributed by atoms with E-state index < -0.39 is 17.2 Å². The van der Waals surface area contributed by atoms with Crippen molar-refractivity contribution in [1.29, 1.82) is 0 Å². The van der Waals surface area contributed by atoms with E-state index in [2.05, 4.69) is 16.1 Å². The number of carbonyl (C=O) groups excluding carboxylic acids is 2. The third kappa shape index (κ3) is 5.74. The number of rotatable bonds is 7. The largest absolute Gasteiger partial charge is 0.382 e. The van der Waals surface area contributed by atoms with Crippen molar-refractivity contribution in [2.45, 2.75) is 90.6 Å². The Bertz CT molecular complexity index is 1940. The summed E-state index contributed by atoms with van der Waals surface area (Å²) in [5, 5.41) is 4.56. The molecule has 12 heteroatoms. The van der Waals surface area contributed by atoms with Gasteiger partial charge in [-0.2, -0.15) is 5.10 Å². The standard InChI is InChI=1S/C35H44N8O4/c1-20(2)33(45)40-16-14-23(15-17-40)27-18-26(30-31(36)38-19-39-43(27)30)22-10-12-24(13-11-22)29-28(32(37)44)34(46)42(25-8-6-5-7-9-25)35(47)41(29)21(3)4/h10-13,18-21,23,25H,5-9,14-17H2,1-4H3,(H2,37,44)(H2,36,38,39). The van der Waals surface area contributed by atoms with E-state index in [0.29, 0.717) is 30.0 Å². The van der Waals surface area contributed by atoms with E-state index in [4.69, 9.17) is 11.5 Å². The lowest BCUT2D eigenvalue weighted by molar-refractivity contribution is -0.135. The first-order valence-corrected chi connectivity index (χ1v) is 16.7. The van der Waals surface area contributed by atoms with Gasteiger partial charge in [-0.15, -0.1) is 0 Å². The van der Waals surface area contributed by atoms with Gasteiger partial charge in [0.15, 0.2) is 5.82 Å². The normalized spacial score (nSPS) is 16.4. The van der Waals surface area contributed by atoms with Gasteiger partial charge in [-0.05, 0) is 56.7 Å². The van der Waals surface area contributed by atoms with Crippen molar-refractivity contribution in [3.63, 3.8) is 0 Å². The molecule has 0 unspecified atom stereocenters. The van der Waals surface area contributed by atoms with Crippen LogP contribution in [0.25, 0.3) is 27.9 Å². The zero-order chi connectivity index (χ0) is 33.6. The highest BCUT2D eigenvalue weighted by Crippen LogP contribution is 2.38. The average Bonchev–Trinajstić information content (AvgIpc) is 3.45. The van der Waals surface area contributed by atoms with Crippen LogP contribution in [0.15, 0.2) is 46.2 Å². The summed E-state index contributed by atoms with van der Waals surface area (Å²) < 4.78 is 4.64. The quantitative estimate of drug-likeness (QED) is 0.300. The van der Waals surface area contributed by atoms with Crippen LogP contribution in [0.5, 0.6) is 0 Å². The first-order valence-electron chi connectivity index (χ1n) is 16.7. The van der Waals surface area contributed by atoms with Crippen LogP contribution < -0.4 is 22.7 Å². The summed E-state index contributed by atoms with van der Waals surface area (Å²) in [7, 11) is 0. The second kappa shape index (κ2) is 12.8. The van der Waals surface area contributed by atoms with Gasteiger partial charge >= 0.3 is 5.69 Å². The zero-order valence-electron chi connectivity index (χ0n) is 27.6. The number of primary amides is 1. The highest BCUT2D eigenvalue weighted by atomic mass is 16.2. The maximum Gasteiger partial charge on any atom is 0.332 e. The summed E-state index contributed by atoms with van der Waals surface area (Å²) in [4.78, 5) is 59.4. The molecule has 6 rings (SSSR count). The number of carbonyl (C=O) groups is 2. The summed E-state index contributed by atoms with van der Waals surface area (Å²) >= 11 is 0. The van der Waals surface area contributed by atoms with Gasteiger partial charge in [0.05, 0.1) is 5.69 Å². The lowest BCUT2D eigenvalue weighted by Crippen LogP contribution is -2.47. The molecule has 1 aromatic carbocycles. The molecule has 2 aliphatic rings. The molecular formula is C35H44N8O4. The fraction of sp³-hybridized carbons (Fsp3) is 0.486. The minimum Gasteiger partial charge on any atom is -0.382 e. The van der Waals surface area contributed by atoms with Crippen molar-refractivity contribution >= 4 is 23.1 Å². The van der Waals surface area contributed by atoms with E-state index in [9.17, 15) is 19.2 Å². The van der Waals surface area contributed by atoms with Crippen molar-refractivity contribution in [3.05, 3.63) is 68.8 Å². The van der Waals surface area contributed by atoms with Crippen molar-refractivity contribution in [1.82, 2.24) is 28.6 Å². The van der Waals surface area contributed by atoms with E-state index in [1.807, 2.05) is 49.2 Å². The van der Waals surface area contributed by atoms with Crippen LogP contribution in [0, 0.1) is 5.92 Å². The fourth-order valence-corrected chi connectivity index (χ4v) is 7.46. The number of piperidine rings is 1. The predicted molar refractivity (Wildman–Crippen MR) is 181 cm³/mol. The molecule has 3 aromatic heterocycles. The summed E-state index contributed by atoms with van der Waals surface area (Å²) in [6.45, 7) is 8.93. The van der Waals surface area contributed by atoms with Crippen LogP contribution >= 0.6 is 0 Å². The number of hydrogen-bond donors (Lipinski definition) is 2. The number of hydrogen-bond acceptors (Lipinski definition) is 7. The van der Waals surface area contributed by atoms with Crippen LogP contribution in [0.2, 0.25) is 0 Å². The second-order valence-electron chi connectivity index (χ2n) is 13.5. The molecule has 0 atom stereocenters. The molecule has 2 amide bonds. The number of fused-ring (bicyclic) bond motifs is 1. The Labute approximate surface area is 273 Å². The molecular weight excluding hydrogens is 596 g/mol. The smallest absolute Gasteiger partial charge is 0.332 e. The van der Waals surface area contributed by atoms with Gasteiger partial charge in [-0.3, -0.25) is 23.5 Å². The van der Waals surface area contributed by atoms with Crippen LogP contribution in [-0.4, -0.2) is 53.5 Å². The molecule has 0 bridgehead atoms. The number of benzene rings is 1. The SMILES string of the molecule is CC(C)C(=O)N1CCC(c2cc(-c3ccc(-c4c(C(N)=O)c(=O)n(C5CCCCC5)c(=O)n4C(C)C)cc3)c3c(N)ncnn23)CC1. The van der Waals surface area contributed by atoms with Gasteiger partial charge in [-0.1, -0.05) is 57.4 Å². The number of aromatic nitrogens is 5. The van der Waals surface area contributed by atoms with Crippen LogP contribution in [-0.2, 0) is 4.79 Å². The maximum absolute atomic E-state index is 13.9. The fourth-order valence-electron chi connectivity index (χ4n) is 7.46. The lowest BCUT2D eigenvalue weighted by atomic mass is 9.92. The van der Waals surface area contributed by atoms with Gasteiger partial charge in [0.25, 0.3) is 11.5 Å². The first kappa shape index (κ1) is 32.2. The predicted octanol–water partition coefficient (Wildman–Crippen LogP) is 4.52. The van der Waals surface area contributed by atoms with E-state index in [-0.39, 0.29) is 41.1 Å². The van der Waals surface area contributed by atoms with Crippen molar-refractivity contribution in [2.24, 2.45) is 11.7 Å². The van der Waals surface area contributed by atoms with Crippen LogP contribution in [0.4, 0.5) is 5.82 Å². The van der Waals surface area contributed by atoms with Gasteiger partial charge in [0.2, 0.25) is 5.91 Å². The molecule has 4 aromatic rings. The Balaban J connectivity index is 1.42. The van der Waals surface area contributed by atoms with E-state index in [1.54, 1.807) is 12.1 Å². The molecule has 47 heavy (non-hydrogen) atoms. The molecule has 0 spiro atoms. The summed E-state index contributed by atoms with van der Waals surface area (Å²) in [6, 6.07) is 8.89. The van der Waals surface area contributed by atoms with E-state index in [1.165, 1.54) is 15.5 Å². The molecule has 4 N–H and O–H groups in total. The van der Waals surface area contributed by atoms with E-state index >= 15 is 0 Å². The average molecular weight is 641 g/mol. The van der Waals surface area contributed by atoms with Crippen molar-refractivity contribution in [3.8, 4) is 22.4 Å². The Morgan fingerprint density at radius 1 is 0.915 bits per heavy atom. The number of amides is 2. The molecule has 1 saturated carbocycles. The minimum absolute atomic E-state index is 0.0362. The number of nitrogens with two attached hydrogens (primary N) is 2. The molecule has 12 nitrogen and oxygen atoms in total. The number of nitrogen functional groups attached to an aromatic ring is 1. The maximum atomic E-state index is 13.9. The van der Waals surface area contributed by atoms with Gasteiger partial charge in [0, 0.05) is 48.3 Å². The molecule has 248 valence electrons. The summed E-state index contributed by atoms with van der Waals surface area (Å²) in [5.74, 6) is -0.207. The minimum atomic E-state index is -0.859. The topological polar surface area (TPSA) is 164 Å². The van der Waals surface area contributed by atoms with Gasteiger partial charge < -0.3 is 16.4 Å². The third-order valence-electron chi connectivity index (χ3n) is 9.82. The van der Waals surface area contributed by atoms with Crippen LogP contribution in [0.3, 0.4) is 0 Å². The van der Waals surface area contributed by atoms with Crippen LogP contribution in [0.1, 0.15) is 107 Å². The Kier molecular flexibility index (Phi) is 8.78. The molecule has 0 radical (unpaired) electrons.